The van der Waals surface area contributed by atoms with Gasteiger partial charge in [-0.1, -0.05) is 24.3 Å². The van der Waals surface area contributed by atoms with Gasteiger partial charge in [-0.15, -0.1) is 0 Å². The summed E-state index contributed by atoms with van der Waals surface area (Å²) in [4.78, 5) is 11.8. The van der Waals surface area contributed by atoms with Gasteiger partial charge in [0.15, 0.2) is 5.75 Å². The van der Waals surface area contributed by atoms with Crippen LogP contribution in [0.4, 0.5) is 13.2 Å². The number of hydrogen-bond acceptors (Lipinski definition) is 6. The lowest BCUT2D eigenvalue weighted by atomic mass is 10.1. The predicted octanol–water partition coefficient (Wildman–Crippen LogP) is 4.48. The predicted molar refractivity (Wildman–Crippen MR) is 123 cm³/mol. The van der Waals surface area contributed by atoms with Crippen molar-refractivity contribution in [1.29, 1.82) is 0 Å². The molecule has 0 bridgehead atoms. The highest BCUT2D eigenvalue weighted by molar-refractivity contribution is 7.87. The number of amides is 1. The van der Waals surface area contributed by atoms with Gasteiger partial charge >= 0.3 is 16.3 Å². The van der Waals surface area contributed by atoms with Crippen LogP contribution < -0.4 is 14.3 Å². The fourth-order valence-electron chi connectivity index (χ4n) is 3.04. The first-order valence-corrected chi connectivity index (χ1v) is 11.6. The van der Waals surface area contributed by atoms with Crippen molar-refractivity contribution in [2.75, 3.05) is 7.11 Å². The number of carbonyl (C=O) groups is 1. The minimum atomic E-state index is -4.60. The van der Waals surface area contributed by atoms with Crippen LogP contribution in [0.5, 0.6) is 11.5 Å². The monoisotopic (exact) mass is 506 g/mol. The molecule has 3 rings (SSSR count). The zero-order valence-corrected chi connectivity index (χ0v) is 19.5. The fourth-order valence-corrected chi connectivity index (χ4v) is 4.05. The van der Waals surface area contributed by atoms with E-state index in [1.807, 2.05) is 0 Å². The highest BCUT2D eigenvalue weighted by Gasteiger charge is 2.31. The summed E-state index contributed by atoms with van der Waals surface area (Å²) >= 11 is 0. The van der Waals surface area contributed by atoms with Crippen molar-refractivity contribution in [3.63, 3.8) is 0 Å². The Kier molecular flexibility index (Phi) is 7.80. The summed E-state index contributed by atoms with van der Waals surface area (Å²) < 4.78 is 74.0. The van der Waals surface area contributed by atoms with Gasteiger partial charge in [0, 0.05) is 5.56 Å². The molecule has 0 saturated heterocycles. The van der Waals surface area contributed by atoms with Crippen LogP contribution in [-0.4, -0.2) is 27.6 Å². The molecule has 184 valence electrons. The minimum Gasteiger partial charge on any atom is -0.497 e. The maximum Gasteiger partial charge on any atom is 0.416 e. The summed E-state index contributed by atoms with van der Waals surface area (Å²) in [5, 5.41) is 3.87. The molecule has 1 amide bonds. The Morgan fingerprint density at radius 1 is 1.06 bits per heavy atom. The van der Waals surface area contributed by atoms with Crippen LogP contribution in [0.1, 0.15) is 22.3 Å². The van der Waals surface area contributed by atoms with Gasteiger partial charge in [-0.05, 0) is 60.5 Å². The Balaban J connectivity index is 1.74. The third kappa shape index (κ3) is 6.82. The van der Waals surface area contributed by atoms with E-state index < -0.39 is 32.7 Å². The lowest BCUT2D eigenvalue weighted by Crippen LogP contribution is -2.20. The number of aryl methyl sites for hydroxylation is 1. The van der Waals surface area contributed by atoms with Crippen molar-refractivity contribution in [1.82, 2.24) is 5.43 Å². The molecule has 3 aromatic carbocycles. The van der Waals surface area contributed by atoms with E-state index in [2.05, 4.69) is 10.5 Å². The van der Waals surface area contributed by atoms with Gasteiger partial charge in [-0.25, -0.2) is 5.43 Å². The molecule has 35 heavy (non-hydrogen) atoms. The largest absolute Gasteiger partial charge is 0.497 e. The van der Waals surface area contributed by atoms with Crippen LogP contribution >= 0.6 is 0 Å². The highest BCUT2D eigenvalue weighted by Crippen LogP contribution is 2.31. The number of carbonyl (C=O) groups excluding carboxylic acids is 1. The molecular formula is C24H21F3N2O5S. The smallest absolute Gasteiger partial charge is 0.416 e. The highest BCUT2D eigenvalue weighted by atomic mass is 32.2. The number of benzene rings is 3. The molecule has 0 aliphatic heterocycles. The Bertz CT molecular complexity index is 1340. The number of hydrazone groups is 1. The molecule has 0 unspecified atom stereocenters. The third-order valence-corrected chi connectivity index (χ3v) is 6.03. The van der Waals surface area contributed by atoms with E-state index in [0.717, 1.165) is 12.1 Å². The summed E-state index contributed by atoms with van der Waals surface area (Å²) in [5.41, 5.74) is 2.76. The molecule has 0 spiro atoms. The van der Waals surface area contributed by atoms with Crippen molar-refractivity contribution >= 4 is 22.2 Å². The third-order valence-electron chi connectivity index (χ3n) is 4.80. The normalized spacial score (nSPS) is 11.9. The lowest BCUT2D eigenvalue weighted by molar-refractivity contribution is -0.137. The number of hydrogen-bond donors (Lipinski definition) is 1. The van der Waals surface area contributed by atoms with E-state index in [1.54, 1.807) is 43.3 Å². The van der Waals surface area contributed by atoms with Crippen molar-refractivity contribution in [3.05, 3.63) is 89.0 Å². The average molecular weight is 507 g/mol. The Hall–Kier alpha value is -3.86. The van der Waals surface area contributed by atoms with E-state index in [4.69, 9.17) is 8.92 Å². The first-order valence-electron chi connectivity index (χ1n) is 10.2. The number of nitrogens with zero attached hydrogens (tertiary/aromatic N) is 1. The fraction of sp³-hybridized carbons (Fsp3) is 0.167. The minimum absolute atomic E-state index is 0.0357. The summed E-state index contributed by atoms with van der Waals surface area (Å²) in [5.74, 6) is 0.120. The second kappa shape index (κ2) is 10.6. The lowest BCUT2D eigenvalue weighted by Gasteiger charge is -2.13. The van der Waals surface area contributed by atoms with Crippen LogP contribution in [-0.2, 0) is 27.5 Å². The molecule has 3 aromatic rings. The van der Waals surface area contributed by atoms with Crippen molar-refractivity contribution in [2.45, 2.75) is 24.4 Å². The summed E-state index contributed by atoms with van der Waals surface area (Å²) in [6.07, 6.45) is -3.35. The summed E-state index contributed by atoms with van der Waals surface area (Å²) in [7, 11) is -2.92. The van der Waals surface area contributed by atoms with Gasteiger partial charge in [0.25, 0.3) is 0 Å². The molecule has 0 aliphatic carbocycles. The van der Waals surface area contributed by atoms with Gasteiger partial charge in [0.1, 0.15) is 10.6 Å². The summed E-state index contributed by atoms with van der Waals surface area (Å²) in [6, 6.07) is 14.7. The van der Waals surface area contributed by atoms with Crippen LogP contribution in [0.2, 0.25) is 0 Å². The molecule has 7 nitrogen and oxygen atoms in total. The average Bonchev–Trinajstić information content (AvgIpc) is 2.81. The van der Waals surface area contributed by atoms with Gasteiger partial charge in [-0.2, -0.15) is 26.7 Å². The van der Waals surface area contributed by atoms with Crippen molar-refractivity contribution in [3.8, 4) is 11.5 Å². The molecule has 0 aromatic heterocycles. The molecule has 1 N–H and O–H groups in total. The molecule has 0 aliphatic rings. The standard InChI is InChI=1S/C24H21F3N2O5S/c1-16-5-3-7-18(15-28-29-22(30)14-17-6-4-8-20(13-17)33-2)23(16)34-35(31,32)21-11-9-19(10-12-21)24(25,26)27/h3-13,15H,14H2,1-2H3,(H,29,30). The molecule has 0 saturated carbocycles. The number of para-hydroxylation sites is 1. The summed E-state index contributed by atoms with van der Waals surface area (Å²) in [6.45, 7) is 1.59. The number of halogens is 3. The number of rotatable bonds is 8. The number of methoxy groups -OCH3 is 1. The van der Waals surface area contributed by atoms with Gasteiger partial charge in [0.2, 0.25) is 5.91 Å². The van der Waals surface area contributed by atoms with Crippen LogP contribution in [0.3, 0.4) is 0 Å². The first kappa shape index (κ1) is 25.8. The van der Waals surface area contributed by atoms with Gasteiger partial charge < -0.3 is 8.92 Å². The first-order chi connectivity index (χ1) is 16.5. The number of alkyl halides is 3. The van der Waals surface area contributed by atoms with Crippen LogP contribution in [0, 0.1) is 6.92 Å². The van der Waals surface area contributed by atoms with E-state index in [9.17, 15) is 26.4 Å². The Morgan fingerprint density at radius 2 is 1.74 bits per heavy atom. The SMILES string of the molecule is COc1cccc(CC(=O)NN=Cc2cccc(C)c2OS(=O)(=O)c2ccc(C(F)(F)F)cc2)c1. The molecule has 0 fully saturated rings. The van der Waals surface area contributed by atoms with E-state index in [0.29, 0.717) is 29.0 Å². The quantitative estimate of drug-likeness (QED) is 0.276. The number of ether oxygens (including phenoxy) is 1. The topological polar surface area (TPSA) is 94.1 Å². The van der Waals surface area contributed by atoms with E-state index >= 15 is 0 Å². The van der Waals surface area contributed by atoms with E-state index in [-0.39, 0.29) is 17.7 Å². The molecule has 11 heteroatoms. The van der Waals surface area contributed by atoms with Crippen molar-refractivity contribution < 1.29 is 35.3 Å². The van der Waals surface area contributed by atoms with Crippen LogP contribution in [0.15, 0.2) is 76.7 Å². The zero-order valence-electron chi connectivity index (χ0n) is 18.7. The van der Waals surface area contributed by atoms with Crippen molar-refractivity contribution in [2.24, 2.45) is 5.10 Å². The van der Waals surface area contributed by atoms with E-state index in [1.165, 1.54) is 19.4 Å². The number of nitrogens with one attached hydrogen (secondary N) is 1. The second-order valence-electron chi connectivity index (χ2n) is 7.37. The Morgan fingerprint density at radius 3 is 2.40 bits per heavy atom. The maximum absolute atomic E-state index is 12.8. The van der Waals surface area contributed by atoms with Gasteiger partial charge in [0.05, 0.1) is 25.3 Å². The molecular weight excluding hydrogens is 485 g/mol. The van der Waals surface area contributed by atoms with Crippen LogP contribution in [0.25, 0.3) is 0 Å². The zero-order chi connectivity index (χ0) is 25.6. The second-order valence-corrected chi connectivity index (χ2v) is 8.92. The molecule has 0 heterocycles. The molecule has 0 atom stereocenters. The molecule has 0 radical (unpaired) electrons. The maximum atomic E-state index is 12.8. The van der Waals surface area contributed by atoms with Gasteiger partial charge in [-0.3, -0.25) is 4.79 Å². The Labute approximate surface area is 200 Å².